The molecule has 0 saturated carbocycles. The zero-order valence-corrected chi connectivity index (χ0v) is 20.5. The molecule has 2 heterocycles. The Hall–Kier alpha value is -2.75. The number of nitrogens with one attached hydrogen (secondary N) is 2. The molecule has 7 nitrogen and oxygen atoms in total. The molecule has 3 aromatic rings. The number of halogens is 1. The summed E-state index contributed by atoms with van der Waals surface area (Å²) in [5.74, 6) is -0.196. The average molecular weight is 487 g/mol. The second-order valence-corrected chi connectivity index (χ2v) is 10.3. The van der Waals surface area contributed by atoms with Gasteiger partial charge in [-0.3, -0.25) is 9.10 Å². The first kappa shape index (κ1) is 24.4. The van der Waals surface area contributed by atoms with Crippen molar-refractivity contribution >= 4 is 33.5 Å². The maximum atomic E-state index is 13.7. The number of carbonyl (C=O) groups excluding carboxylic acids is 1. The molecule has 0 bridgehead atoms. The average Bonchev–Trinajstić information content (AvgIpc) is 3.13. The molecule has 182 valence electrons. The summed E-state index contributed by atoms with van der Waals surface area (Å²) in [4.78, 5) is 13.4. The summed E-state index contributed by atoms with van der Waals surface area (Å²) in [5, 5.41) is 17.5. The molecule has 0 saturated heterocycles. The number of aliphatic hydroxyl groups is 1. The fourth-order valence-corrected chi connectivity index (χ4v) is 5.53. The lowest BCUT2D eigenvalue weighted by Crippen LogP contribution is -2.48. The number of rotatable bonds is 8. The minimum absolute atomic E-state index is 0.273. The van der Waals surface area contributed by atoms with Crippen molar-refractivity contribution in [2.75, 3.05) is 30.7 Å². The molecule has 3 atom stereocenters. The van der Waals surface area contributed by atoms with Gasteiger partial charge in [0.15, 0.2) is 0 Å². The van der Waals surface area contributed by atoms with Crippen molar-refractivity contribution in [1.29, 1.82) is 0 Å². The third kappa shape index (κ3) is 4.87. The van der Waals surface area contributed by atoms with Gasteiger partial charge in [-0.15, -0.1) is 0 Å². The zero-order valence-electron chi connectivity index (χ0n) is 19.7. The number of anilines is 1. The Bertz CT molecular complexity index is 1230. The van der Waals surface area contributed by atoms with Crippen LogP contribution in [0.25, 0.3) is 10.9 Å². The van der Waals surface area contributed by atoms with Crippen LogP contribution in [0, 0.1) is 5.82 Å². The van der Waals surface area contributed by atoms with E-state index in [9.17, 15) is 18.5 Å². The number of hydrogen-bond donors (Lipinski definition) is 3. The molecule has 3 N–H and O–H groups in total. The van der Waals surface area contributed by atoms with Gasteiger partial charge in [0.1, 0.15) is 16.8 Å². The normalized spacial score (nSPS) is 17.4. The van der Waals surface area contributed by atoms with E-state index in [2.05, 4.69) is 28.3 Å². The summed E-state index contributed by atoms with van der Waals surface area (Å²) in [5.41, 5.74) is 3.96. The van der Waals surface area contributed by atoms with Crippen molar-refractivity contribution in [3.63, 3.8) is 0 Å². The second-order valence-electron chi connectivity index (χ2n) is 8.65. The highest BCUT2D eigenvalue weighted by Crippen LogP contribution is 2.35. The van der Waals surface area contributed by atoms with E-state index in [0.29, 0.717) is 23.4 Å². The topological polar surface area (TPSA) is 86.6 Å². The molecular formula is C25H31FN4O3S. The number of hydrogen-bond acceptors (Lipinski definition) is 4. The van der Waals surface area contributed by atoms with Crippen LogP contribution in [0.5, 0.6) is 0 Å². The summed E-state index contributed by atoms with van der Waals surface area (Å²) in [6.07, 6.45) is 2.30. The molecule has 3 unspecified atom stereocenters. The number of aryl methyl sites for hydroxylation is 2. The largest absolute Gasteiger partial charge is 0.390 e. The molecule has 0 aliphatic carbocycles. The van der Waals surface area contributed by atoms with Gasteiger partial charge < -0.3 is 20.3 Å². The Labute approximate surface area is 201 Å². The van der Waals surface area contributed by atoms with Crippen LogP contribution in [0.2, 0.25) is 0 Å². The minimum atomic E-state index is -1.20. The first-order chi connectivity index (χ1) is 16.3. The fraction of sp³-hybridized carbons (Fsp3) is 0.400. The van der Waals surface area contributed by atoms with Gasteiger partial charge in [-0.25, -0.2) is 8.60 Å². The van der Waals surface area contributed by atoms with Crippen molar-refractivity contribution in [1.82, 2.24) is 15.2 Å². The Morgan fingerprint density at radius 1 is 1.29 bits per heavy atom. The van der Waals surface area contributed by atoms with Gasteiger partial charge >= 0.3 is 0 Å². The lowest BCUT2D eigenvalue weighted by Gasteiger charge is -2.25. The Morgan fingerprint density at radius 3 is 2.79 bits per heavy atom. The van der Waals surface area contributed by atoms with Crippen LogP contribution in [-0.4, -0.2) is 58.3 Å². The van der Waals surface area contributed by atoms with Crippen molar-refractivity contribution in [3.05, 3.63) is 65.1 Å². The van der Waals surface area contributed by atoms with E-state index in [4.69, 9.17) is 0 Å². The minimum Gasteiger partial charge on any atom is -0.390 e. The summed E-state index contributed by atoms with van der Waals surface area (Å²) >= 11 is 0. The highest BCUT2D eigenvalue weighted by molar-refractivity contribution is 7.86. The fourth-order valence-electron chi connectivity index (χ4n) is 4.54. The molecule has 0 spiro atoms. The Morgan fingerprint density at radius 2 is 2.09 bits per heavy atom. The van der Waals surface area contributed by atoms with Crippen LogP contribution in [-0.2, 0) is 30.4 Å². The number of nitrogens with zero attached hydrogens (tertiary/aromatic N) is 2. The summed E-state index contributed by atoms with van der Waals surface area (Å²) in [7, 11) is 2.31. The Balaban J connectivity index is 1.70. The predicted octanol–water partition coefficient (Wildman–Crippen LogP) is 2.38. The number of aliphatic hydroxyl groups excluding tert-OH is 1. The van der Waals surface area contributed by atoms with Crippen LogP contribution in [0.1, 0.15) is 28.4 Å². The molecular weight excluding hydrogens is 455 g/mol. The molecule has 2 aromatic carbocycles. The molecule has 1 amide bonds. The van der Waals surface area contributed by atoms with E-state index in [-0.39, 0.29) is 24.7 Å². The number of carbonyl (C=O) groups is 1. The number of aromatic nitrogens is 1. The lowest BCUT2D eigenvalue weighted by molar-refractivity contribution is 0.0834. The third-order valence-corrected chi connectivity index (χ3v) is 7.71. The molecule has 0 radical (unpaired) electrons. The van der Waals surface area contributed by atoms with Crippen LogP contribution >= 0.6 is 0 Å². The standard InChI is InChI=1S/C25H31FN4O3S/c1-4-17-15-30-8-9-34(33)29(3)22-13-18(12-20(17)24(22)30)25(32)28-21(23(31)14-27-2)11-16-6-5-7-19(26)10-16/h5-7,10,12-13,15,21,23,27,31H,4,8-9,11,14H2,1-3H3,(H,28,32). The smallest absolute Gasteiger partial charge is 0.251 e. The maximum Gasteiger partial charge on any atom is 0.251 e. The third-order valence-electron chi connectivity index (χ3n) is 6.37. The highest BCUT2D eigenvalue weighted by Gasteiger charge is 2.26. The predicted molar refractivity (Wildman–Crippen MR) is 134 cm³/mol. The number of likely N-dealkylation sites (N-methyl/N-ethyl adjacent to an activating group) is 1. The molecule has 1 aromatic heterocycles. The van der Waals surface area contributed by atoms with Gasteiger partial charge in [-0.2, -0.15) is 0 Å². The van der Waals surface area contributed by atoms with Crippen molar-refractivity contribution in [2.45, 2.75) is 38.5 Å². The summed E-state index contributed by atoms with van der Waals surface area (Å²) in [6.45, 7) is 3.00. The van der Waals surface area contributed by atoms with E-state index in [1.54, 1.807) is 36.6 Å². The Kier molecular flexibility index (Phi) is 7.35. The van der Waals surface area contributed by atoms with Gasteiger partial charge in [0, 0.05) is 37.3 Å². The molecule has 9 heteroatoms. The van der Waals surface area contributed by atoms with Gasteiger partial charge in [-0.1, -0.05) is 19.1 Å². The van der Waals surface area contributed by atoms with Crippen LogP contribution < -0.4 is 14.9 Å². The second kappa shape index (κ2) is 10.2. The molecule has 34 heavy (non-hydrogen) atoms. The number of amides is 1. The SMILES string of the molecule is CCc1cn2c3c(cc(C(=O)NC(Cc4cccc(F)c4)C(O)CNC)cc13)N(C)S(=O)CC2. The van der Waals surface area contributed by atoms with Crippen molar-refractivity contribution in [3.8, 4) is 0 Å². The zero-order chi connectivity index (χ0) is 24.4. The molecule has 0 fully saturated rings. The first-order valence-electron chi connectivity index (χ1n) is 11.5. The first-order valence-corrected chi connectivity index (χ1v) is 12.8. The molecule has 1 aliphatic rings. The highest BCUT2D eigenvalue weighted by atomic mass is 32.2. The van der Waals surface area contributed by atoms with Gasteiger partial charge in [0.2, 0.25) is 0 Å². The lowest BCUT2D eigenvalue weighted by atomic mass is 9.99. The quantitative estimate of drug-likeness (QED) is 0.456. The van der Waals surface area contributed by atoms with Gasteiger partial charge in [0.05, 0.1) is 29.1 Å². The van der Waals surface area contributed by atoms with E-state index in [0.717, 1.165) is 28.6 Å². The summed E-state index contributed by atoms with van der Waals surface area (Å²) < 4.78 is 30.2. The molecule has 4 rings (SSSR count). The van der Waals surface area contributed by atoms with Crippen LogP contribution in [0.4, 0.5) is 10.1 Å². The summed E-state index contributed by atoms with van der Waals surface area (Å²) in [6, 6.07) is 9.17. The van der Waals surface area contributed by atoms with Crippen molar-refractivity contribution in [2.24, 2.45) is 0 Å². The van der Waals surface area contributed by atoms with E-state index >= 15 is 0 Å². The van der Waals surface area contributed by atoms with E-state index < -0.39 is 23.1 Å². The number of benzene rings is 2. The van der Waals surface area contributed by atoms with Gasteiger partial charge in [-0.05, 0) is 55.3 Å². The van der Waals surface area contributed by atoms with Gasteiger partial charge in [0.25, 0.3) is 5.91 Å². The van der Waals surface area contributed by atoms with Crippen LogP contribution in [0.15, 0.2) is 42.6 Å². The van der Waals surface area contributed by atoms with Crippen molar-refractivity contribution < 1.29 is 18.5 Å². The van der Waals surface area contributed by atoms with Crippen LogP contribution in [0.3, 0.4) is 0 Å². The van der Waals surface area contributed by atoms with E-state index in [1.807, 2.05) is 6.07 Å². The monoisotopic (exact) mass is 486 g/mol. The van der Waals surface area contributed by atoms with E-state index in [1.165, 1.54) is 12.1 Å². The molecule has 1 aliphatic heterocycles. The maximum absolute atomic E-state index is 13.7.